The van der Waals surface area contributed by atoms with Gasteiger partial charge in [0, 0.05) is 30.7 Å². The molecule has 0 aromatic rings. The van der Waals surface area contributed by atoms with Crippen molar-refractivity contribution in [3.8, 4) is 0 Å². The van der Waals surface area contributed by atoms with Crippen LogP contribution in [-0.2, 0) is 0 Å². The van der Waals surface area contributed by atoms with E-state index in [1.54, 1.807) is 0 Å². The molecule has 1 N–H and O–H groups in total. The van der Waals surface area contributed by atoms with Crippen molar-refractivity contribution in [3.63, 3.8) is 0 Å². The molecule has 0 spiro atoms. The average molecular weight is 295 g/mol. The van der Waals surface area contributed by atoms with Crippen molar-refractivity contribution < 1.29 is 0 Å². The van der Waals surface area contributed by atoms with Crippen LogP contribution in [-0.4, -0.2) is 35.6 Å². The van der Waals surface area contributed by atoms with E-state index >= 15 is 0 Å². The molecule has 0 aromatic carbocycles. The summed E-state index contributed by atoms with van der Waals surface area (Å²) in [6.45, 7) is 11.9. The predicted molar refractivity (Wildman–Crippen MR) is 92.8 cm³/mol. The third-order valence-electron chi connectivity index (χ3n) is 6.47. The summed E-state index contributed by atoms with van der Waals surface area (Å²) in [6, 6.07) is 1.63. The second kappa shape index (κ2) is 7.97. The highest BCUT2D eigenvalue weighted by Gasteiger charge is 2.39. The second-order valence-corrected chi connectivity index (χ2v) is 7.57. The molecular weight excluding hydrogens is 256 g/mol. The predicted octanol–water partition coefficient (Wildman–Crippen LogP) is 4.59. The van der Waals surface area contributed by atoms with Crippen molar-refractivity contribution in [2.45, 2.75) is 103 Å². The van der Waals surface area contributed by atoms with Gasteiger partial charge in [-0.25, -0.2) is 0 Å². The lowest BCUT2D eigenvalue weighted by Gasteiger charge is -2.51. The van der Waals surface area contributed by atoms with E-state index in [-0.39, 0.29) is 0 Å². The van der Waals surface area contributed by atoms with Crippen LogP contribution in [0.2, 0.25) is 0 Å². The first-order valence-corrected chi connectivity index (χ1v) is 9.68. The molecule has 2 aliphatic rings. The van der Waals surface area contributed by atoms with E-state index < -0.39 is 0 Å². The van der Waals surface area contributed by atoms with E-state index in [0.717, 1.165) is 18.0 Å². The zero-order valence-electron chi connectivity index (χ0n) is 15.0. The largest absolute Gasteiger partial charge is 0.308 e. The average Bonchev–Trinajstić information content (AvgIpc) is 2.55. The molecule has 2 heteroatoms. The molecule has 2 nitrogen and oxygen atoms in total. The van der Waals surface area contributed by atoms with Gasteiger partial charge < -0.3 is 5.32 Å². The van der Waals surface area contributed by atoms with E-state index in [1.807, 2.05) is 0 Å². The molecular formula is C19H38N2. The van der Waals surface area contributed by atoms with Crippen molar-refractivity contribution in [3.05, 3.63) is 0 Å². The summed E-state index contributed by atoms with van der Waals surface area (Å²) in [4.78, 5) is 2.91. The van der Waals surface area contributed by atoms with Gasteiger partial charge in [-0.1, -0.05) is 40.5 Å². The van der Waals surface area contributed by atoms with Crippen molar-refractivity contribution in [2.75, 3.05) is 13.1 Å². The smallest absolute Gasteiger partial charge is 0.0304 e. The lowest BCUT2D eigenvalue weighted by Crippen LogP contribution is -2.65. The second-order valence-electron chi connectivity index (χ2n) is 7.57. The first-order chi connectivity index (χ1) is 10.2. The number of piperazine rings is 1. The SMILES string of the molecule is CCCC1CCC(N2CC(CC)(CC)NCC2CC)CC1. The van der Waals surface area contributed by atoms with E-state index in [0.29, 0.717) is 5.54 Å². The fourth-order valence-corrected chi connectivity index (χ4v) is 4.69. The highest BCUT2D eigenvalue weighted by molar-refractivity contribution is 4.99. The van der Waals surface area contributed by atoms with Crippen LogP contribution in [0.3, 0.4) is 0 Å². The molecule has 1 unspecified atom stereocenters. The Balaban J connectivity index is 1.98. The highest BCUT2D eigenvalue weighted by atomic mass is 15.3. The standard InChI is InChI=1S/C19H38N2/c1-5-9-16-10-12-18(13-11-16)21-15-19(7-3,8-4)20-14-17(21)6-2/h16-18,20H,5-15H2,1-4H3. The topological polar surface area (TPSA) is 15.3 Å². The van der Waals surface area contributed by atoms with E-state index in [9.17, 15) is 0 Å². The summed E-state index contributed by atoms with van der Waals surface area (Å²) in [5, 5.41) is 3.89. The molecule has 2 fully saturated rings. The molecule has 21 heavy (non-hydrogen) atoms. The monoisotopic (exact) mass is 294 g/mol. The van der Waals surface area contributed by atoms with Crippen molar-refractivity contribution in [1.82, 2.24) is 10.2 Å². The van der Waals surface area contributed by atoms with Gasteiger partial charge in [-0.15, -0.1) is 0 Å². The fourth-order valence-electron chi connectivity index (χ4n) is 4.69. The van der Waals surface area contributed by atoms with Gasteiger partial charge in [-0.2, -0.15) is 0 Å². The van der Waals surface area contributed by atoms with Gasteiger partial charge >= 0.3 is 0 Å². The molecule has 1 atom stereocenters. The van der Waals surface area contributed by atoms with Crippen LogP contribution in [0.5, 0.6) is 0 Å². The number of nitrogens with zero attached hydrogens (tertiary/aromatic N) is 1. The fraction of sp³-hybridized carbons (Fsp3) is 1.00. The van der Waals surface area contributed by atoms with Crippen molar-refractivity contribution >= 4 is 0 Å². The Hall–Kier alpha value is -0.0800. The third kappa shape index (κ3) is 4.01. The normalized spacial score (nSPS) is 34.0. The van der Waals surface area contributed by atoms with Crippen molar-refractivity contribution in [1.29, 1.82) is 0 Å². The zero-order chi connectivity index (χ0) is 15.3. The molecule has 1 aliphatic heterocycles. The molecule has 0 amide bonds. The van der Waals surface area contributed by atoms with Gasteiger partial charge in [-0.05, 0) is 50.9 Å². The molecule has 1 heterocycles. The van der Waals surface area contributed by atoms with Gasteiger partial charge in [0.15, 0.2) is 0 Å². The molecule has 2 rings (SSSR count). The first kappa shape index (κ1) is 17.3. The minimum absolute atomic E-state index is 0.381. The van der Waals surface area contributed by atoms with Crippen LogP contribution in [0.1, 0.15) is 85.5 Å². The third-order valence-corrected chi connectivity index (χ3v) is 6.47. The maximum Gasteiger partial charge on any atom is 0.0304 e. The van der Waals surface area contributed by atoms with Crippen LogP contribution >= 0.6 is 0 Å². The number of nitrogens with one attached hydrogen (secondary N) is 1. The molecule has 124 valence electrons. The van der Waals surface area contributed by atoms with Gasteiger partial charge in [0.1, 0.15) is 0 Å². The van der Waals surface area contributed by atoms with Crippen LogP contribution < -0.4 is 5.32 Å². The Morgan fingerprint density at radius 1 is 1.00 bits per heavy atom. The van der Waals surface area contributed by atoms with E-state index in [2.05, 4.69) is 37.9 Å². The summed E-state index contributed by atoms with van der Waals surface area (Å²) in [7, 11) is 0. The molecule has 0 bridgehead atoms. The number of hydrogen-bond acceptors (Lipinski definition) is 2. The zero-order valence-corrected chi connectivity index (χ0v) is 15.0. The van der Waals surface area contributed by atoms with Gasteiger partial charge in [0.25, 0.3) is 0 Å². The Morgan fingerprint density at radius 3 is 2.19 bits per heavy atom. The van der Waals surface area contributed by atoms with E-state index in [4.69, 9.17) is 0 Å². The maximum absolute atomic E-state index is 3.89. The minimum atomic E-state index is 0.381. The molecule has 0 aromatic heterocycles. The molecule has 0 radical (unpaired) electrons. The van der Waals surface area contributed by atoms with Gasteiger partial charge in [0.05, 0.1) is 0 Å². The Morgan fingerprint density at radius 2 is 1.67 bits per heavy atom. The highest BCUT2D eigenvalue weighted by Crippen LogP contribution is 2.34. The lowest BCUT2D eigenvalue weighted by molar-refractivity contribution is 0.0153. The quantitative estimate of drug-likeness (QED) is 0.771. The summed E-state index contributed by atoms with van der Waals surface area (Å²) < 4.78 is 0. The Labute approximate surface area is 133 Å². The minimum Gasteiger partial charge on any atom is -0.308 e. The summed E-state index contributed by atoms with van der Waals surface area (Å²) in [5.41, 5.74) is 0.381. The van der Waals surface area contributed by atoms with Crippen LogP contribution in [0.4, 0.5) is 0 Å². The van der Waals surface area contributed by atoms with E-state index in [1.165, 1.54) is 70.9 Å². The van der Waals surface area contributed by atoms with Crippen LogP contribution in [0, 0.1) is 5.92 Å². The van der Waals surface area contributed by atoms with Crippen molar-refractivity contribution in [2.24, 2.45) is 5.92 Å². The van der Waals surface area contributed by atoms with Gasteiger partial charge in [0.2, 0.25) is 0 Å². The molecule has 1 saturated carbocycles. The Bertz CT molecular complexity index is 290. The summed E-state index contributed by atoms with van der Waals surface area (Å²) in [5.74, 6) is 1.02. The Kier molecular flexibility index (Phi) is 6.55. The number of rotatable bonds is 6. The molecule has 1 aliphatic carbocycles. The number of hydrogen-bond donors (Lipinski definition) is 1. The first-order valence-electron chi connectivity index (χ1n) is 9.68. The van der Waals surface area contributed by atoms with Crippen LogP contribution in [0.25, 0.3) is 0 Å². The molecule has 1 saturated heterocycles. The van der Waals surface area contributed by atoms with Gasteiger partial charge in [-0.3, -0.25) is 4.90 Å². The summed E-state index contributed by atoms with van der Waals surface area (Å²) >= 11 is 0. The van der Waals surface area contributed by atoms with Crippen LogP contribution in [0.15, 0.2) is 0 Å². The maximum atomic E-state index is 3.89. The summed E-state index contributed by atoms with van der Waals surface area (Å²) in [6.07, 6.45) is 12.5. The lowest BCUT2D eigenvalue weighted by atomic mass is 9.80.